The third-order valence-electron chi connectivity index (χ3n) is 2.10. The van der Waals surface area contributed by atoms with Crippen molar-refractivity contribution in [3.8, 4) is 0 Å². The first-order valence-corrected chi connectivity index (χ1v) is 8.10. The summed E-state index contributed by atoms with van der Waals surface area (Å²) in [5.74, 6) is 0.0387. The predicted molar refractivity (Wildman–Crippen MR) is 66.6 cm³/mol. The highest BCUT2D eigenvalue weighted by molar-refractivity contribution is 7.92. The van der Waals surface area contributed by atoms with Gasteiger partial charge in [-0.25, -0.2) is 8.42 Å². The number of anilines is 1. The van der Waals surface area contributed by atoms with Gasteiger partial charge in [0.25, 0.3) is 0 Å². The molecule has 6 heteroatoms. The van der Waals surface area contributed by atoms with Crippen molar-refractivity contribution in [1.29, 1.82) is 0 Å². The molecule has 90 valence electrons. The SMILES string of the molecule is Cc1ccc(N)cc1S(=O)CCS(C)(=O)=O. The standard InChI is InChI=1S/C10H15NO3S2/c1-8-3-4-9(11)7-10(8)15(12)5-6-16(2,13)14/h3-4,7H,5-6,11H2,1-2H3. The lowest BCUT2D eigenvalue weighted by Gasteiger charge is -2.06. The fourth-order valence-electron chi connectivity index (χ4n) is 1.20. The molecule has 0 aromatic heterocycles. The van der Waals surface area contributed by atoms with E-state index in [-0.39, 0.29) is 11.5 Å². The van der Waals surface area contributed by atoms with Crippen LogP contribution in [0.25, 0.3) is 0 Å². The third kappa shape index (κ3) is 3.94. The van der Waals surface area contributed by atoms with Crippen molar-refractivity contribution in [3.63, 3.8) is 0 Å². The molecule has 0 bridgehead atoms. The summed E-state index contributed by atoms with van der Waals surface area (Å²) in [5.41, 5.74) is 6.99. The minimum absolute atomic E-state index is 0.0755. The van der Waals surface area contributed by atoms with Crippen LogP contribution in [0.4, 0.5) is 5.69 Å². The Morgan fingerprint density at radius 2 is 2.00 bits per heavy atom. The Balaban J connectivity index is 2.85. The molecule has 0 heterocycles. The first-order valence-electron chi connectivity index (χ1n) is 4.72. The summed E-state index contributed by atoms with van der Waals surface area (Å²) >= 11 is 0. The Hall–Kier alpha value is -0.880. The topological polar surface area (TPSA) is 77.2 Å². The number of benzene rings is 1. The lowest BCUT2D eigenvalue weighted by molar-refractivity contribution is 0.602. The van der Waals surface area contributed by atoms with Crippen LogP contribution in [0, 0.1) is 6.92 Å². The van der Waals surface area contributed by atoms with Gasteiger partial charge >= 0.3 is 0 Å². The van der Waals surface area contributed by atoms with Crippen molar-refractivity contribution in [2.45, 2.75) is 11.8 Å². The highest BCUT2D eigenvalue weighted by Gasteiger charge is 2.11. The minimum Gasteiger partial charge on any atom is -0.399 e. The molecule has 0 aliphatic heterocycles. The summed E-state index contributed by atoms with van der Waals surface area (Å²) < 4.78 is 33.8. The summed E-state index contributed by atoms with van der Waals surface area (Å²) in [7, 11) is -4.39. The van der Waals surface area contributed by atoms with Crippen molar-refractivity contribution in [1.82, 2.24) is 0 Å². The lowest BCUT2D eigenvalue weighted by atomic mass is 10.2. The van der Waals surface area contributed by atoms with Crippen LogP contribution < -0.4 is 5.73 Å². The lowest BCUT2D eigenvalue weighted by Crippen LogP contribution is -2.12. The van der Waals surface area contributed by atoms with Crippen molar-refractivity contribution < 1.29 is 12.6 Å². The summed E-state index contributed by atoms with van der Waals surface area (Å²) in [5, 5.41) is 0. The van der Waals surface area contributed by atoms with Gasteiger partial charge in [-0.3, -0.25) is 4.21 Å². The Morgan fingerprint density at radius 3 is 2.56 bits per heavy atom. The van der Waals surface area contributed by atoms with Crippen LogP contribution >= 0.6 is 0 Å². The molecule has 1 rings (SSSR count). The number of aryl methyl sites for hydroxylation is 1. The van der Waals surface area contributed by atoms with E-state index in [0.717, 1.165) is 11.8 Å². The van der Waals surface area contributed by atoms with Gasteiger partial charge in [-0.2, -0.15) is 0 Å². The van der Waals surface area contributed by atoms with Gasteiger partial charge < -0.3 is 5.73 Å². The molecule has 0 amide bonds. The largest absolute Gasteiger partial charge is 0.399 e. The first-order chi connectivity index (χ1) is 7.29. The second-order valence-electron chi connectivity index (χ2n) is 3.70. The van der Waals surface area contributed by atoms with Crippen LogP contribution in [0.2, 0.25) is 0 Å². The molecular formula is C10H15NO3S2. The number of rotatable bonds is 4. The van der Waals surface area contributed by atoms with Crippen LogP contribution in [0.3, 0.4) is 0 Å². The van der Waals surface area contributed by atoms with Crippen LogP contribution in [0.15, 0.2) is 23.1 Å². The molecule has 1 atom stereocenters. The Labute approximate surface area is 98.2 Å². The van der Waals surface area contributed by atoms with Crippen LogP contribution in [0.5, 0.6) is 0 Å². The fourth-order valence-corrected chi connectivity index (χ4v) is 3.93. The van der Waals surface area contributed by atoms with Gasteiger partial charge in [0.2, 0.25) is 0 Å². The van der Waals surface area contributed by atoms with Gasteiger partial charge in [0, 0.05) is 22.6 Å². The second kappa shape index (κ2) is 4.97. The van der Waals surface area contributed by atoms with Crippen molar-refractivity contribution in [3.05, 3.63) is 23.8 Å². The monoisotopic (exact) mass is 261 g/mol. The summed E-state index contributed by atoms with van der Waals surface area (Å²) in [6, 6.07) is 5.14. The highest BCUT2D eigenvalue weighted by Crippen LogP contribution is 2.16. The maximum atomic E-state index is 11.9. The molecule has 0 saturated carbocycles. The molecule has 2 N–H and O–H groups in total. The van der Waals surface area contributed by atoms with Gasteiger partial charge in [0.15, 0.2) is 0 Å². The van der Waals surface area contributed by atoms with E-state index in [4.69, 9.17) is 5.73 Å². The Bertz CT molecular complexity index is 509. The van der Waals surface area contributed by atoms with Crippen molar-refractivity contribution >= 4 is 26.3 Å². The average Bonchev–Trinajstić information content (AvgIpc) is 2.17. The number of sulfone groups is 1. The normalized spacial score (nSPS) is 13.6. The molecular weight excluding hydrogens is 246 g/mol. The van der Waals surface area contributed by atoms with E-state index in [9.17, 15) is 12.6 Å². The van der Waals surface area contributed by atoms with E-state index in [1.807, 2.05) is 6.92 Å². The number of hydrogen-bond donors (Lipinski definition) is 1. The van der Waals surface area contributed by atoms with Gasteiger partial charge in [-0.05, 0) is 24.6 Å². The van der Waals surface area contributed by atoms with Crippen molar-refractivity contribution in [2.24, 2.45) is 0 Å². The number of nitrogen functional groups attached to an aromatic ring is 1. The molecule has 0 fully saturated rings. The van der Waals surface area contributed by atoms with Gasteiger partial charge in [0.1, 0.15) is 9.84 Å². The Kier molecular flexibility index (Phi) is 4.09. The van der Waals surface area contributed by atoms with E-state index in [1.165, 1.54) is 0 Å². The zero-order valence-corrected chi connectivity index (χ0v) is 10.9. The smallest absolute Gasteiger partial charge is 0.148 e. The second-order valence-corrected chi connectivity index (χ2v) is 7.50. The molecule has 1 aromatic rings. The average molecular weight is 261 g/mol. The molecule has 0 radical (unpaired) electrons. The third-order valence-corrected chi connectivity index (χ3v) is 4.81. The van der Waals surface area contributed by atoms with Crippen LogP contribution in [0.1, 0.15) is 5.56 Å². The van der Waals surface area contributed by atoms with E-state index in [1.54, 1.807) is 18.2 Å². The van der Waals surface area contributed by atoms with E-state index in [0.29, 0.717) is 10.6 Å². The first kappa shape index (κ1) is 13.2. The van der Waals surface area contributed by atoms with E-state index < -0.39 is 20.6 Å². The quantitative estimate of drug-likeness (QED) is 0.811. The van der Waals surface area contributed by atoms with E-state index in [2.05, 4.69) is 0 Å². The molecule has 0 aliphatic carbocycles. The van der Waals surface area contributed by atoms with Gasteiger partial charge in [0.05, 0.1) is 16.6 Å². The molecule has 16 heavy (non-hydrogen) atoms. The maximum absolute atomic E-state index is 11.9. The van der Waals surface area contributed by atoms with Crippen LogP contribution in [-0.4, -0.2) is 30.4 Å². The molecule has 0 aliphatic rings. The fraction of sp³-hybridized carbons (Fsp3) is 0.400. The van der Waals surface area contributed by atoms with Crippen molar-refractivity contribution in [2.75, 3.05) is 23.5 Å². The Morgan fingerprint density at radius 1 is 1.38 bits per heavy atom. The number of hydrogen-bond acceptors (Lipinski definition) is 4. The molecule has 1 unspecified atom stereocenters. The maximum Gasteiger partial charge on any atom is 0.148 e. The molecule has 0 spiro atoms. The molecule has 4 nitrogen and oxygen atoms in total. The molecule has 0 saturated heterocycles. The zero-order chi connectivity index (χ0) is 12.3. The van der Waals surface area contributed by atoms with E-state index >= 15 is 0 Å². The van der Waals surface area contributed by atoms with Gasteiger partial charge in [-0.1, -0.05) is 6.07 Å². The summed E-state index contributed by atoms with van der Waals surface area (Å²) in [6.45, 7) is 1.83. The number of nitrogens with two attached hydrogens (primary N) is 1. The van der Waals surface area contributed by atoms with Gasteiger partial charge in [-0.15, -0.1) is 0 Å². The zero-order valence-electron chi connectivity index (χ0n) is 9.26. The molecule has 1 aromatic carbocycles. The summed E-state index contributed by atoms with van der Waals surface area (Å²) in [6.07, 6.45) is 1.14. The predicted octanol–water partition coefficient (Wildman–Crippen LogP) is 0.729. The minimum atomic E-state index is -3.07. The highest BCUT2D eigenvalue weighted by atomic mass is 32.2. The van der Waals surface area contributed by atoms with Crippen LogP contribution in [-0.2, 0) is 20.6 Å². The summed E-state index contributed by atoms with van der Waals surface area (Å²) in [4.78, 5) is 0.614.